The van der Waals surface area contributed by atoms with E-state index in [1.165, 1.54) is 5.56 Å². The quantitative estimate of drug-likeness (QED) is 0.771. The van der Waals surface area contributed by atoms with E-state index in [0.29, 0.717) is 6.04 Å². The van der Waals surface area contributed by atoms with Crippen molar-refractivity contribution in [2.45, 2.75) is 33.4 Å². The fraction of sp³-hybridized carbons (Fsp3) is 0.571. The zero-order valence-electron chi connectivity index (χ0n) is 11.3. The van der Waals surface area contributed by atoms with Crippen molar-refractivity contribution in [2.75, 3.05) is 19.6 Å². The van der Waals surface area contributed by atoms with Crippen molar-refractivity contribution in [2.24, 2.45) is 0 Å². The molecule has 102 valence electrons. The van der Waals surface area contributed by atoms with E-state index in [0.717, 1.165) is 35.1 Å². The maximum atomic E-state index is 3.59. The van der Waals surface area contributed by atoms with Crippen LogP contribution in [0.4, 0.5) is 0 Å². The fourth-order valence-electron chi connectivity index (χ4n) is 1.88. The molecule has 1 aromatic carbocycles. The Hall–Kier alpha value is 0.1000. The van der Waals surface area contributed by atoms with E-state index >= 15 is 0 Å². The molecule has 0 amide bonds. The first-order valence-corrected chi connectivity index (χ1v) is 8.05. The molecule has 0 saturated heterocycles. The smallest absolute Gasteiger partial charge is 0.0231 e. The second-order valence-corrected chi connectivity index (χ2v) is 6.27. The number of nitrogens with zero attached hydrogens (tertiary/aromatic N) is 1. The summed E-state index contributed by atoms with van der Waals surface area (Å²) in [7, 11) is 0. The Kier molecular flexibility index (Phi) is 7.46. The van der Waals surface area contributed by atoms with Gasteiger partial charge in [-0.3, -0.25) is 0 Å². The summed E-state index contributed by atoms with van der Waals surface area (Å²) in [5, 5.41) is 3.57. The molecule has 1 N–H and O–H groups in total. The van der Waals surface area contributed by atoms with Crippen LogP contribution < -0.4 is 5.32 Å². The van der Waals surface area contributed by atoms with Crippen molar-refractivity contribution in [1.29, 1.82) is 0 Å². The van der Waals surface area contributed by atoms with Gasteiger partial charge in [0.1, 0.15) is 0 Å². The summed E-state index contributed by atoms with van der Waals surface area (Å²) in [4.78, 5) is 2.44. The first kappa shape index (κ1) is 16.2. The van der Waals surface area contributed by atoms with Crippen molar-refractivity contribution in [1.82, 2.24) is 10.2 Å². The lowest BCUT2D eigenvalue weighted by Gasteiger charge is -2.23. The lowest BCUT2D eigenvalue weighted by molar-refractivity contribution is 0.270. The van der Waals surface area contributed by atoms with Gasteiger partial charge < -0.3 is 10.2 Å². The first-order valence-electron chi connectivity index (χ1n) is 6.46. The van der Waals surface area contributed by atoms with Gasteiger partial charge in [-0.05, 0) is 37.7 Å². The molecule has 1 unspecified atom stereocenters. The lowest BCUT2D eigenvalue weighted by Crippen LogP contribution is -2.38. The van der Waals surface area contributed by atoms with Crippen LogP contribution >= 0.6 is 31.9 Å². The fourth-order valence-corrected chi connectivity index (χ4v) is 3.07. The minimum atomic E-state index is 0.500. The Morgan fingerprint density at radius 3 is 2.44 bits per heavy atom. The summed E-state index contributed by atoms with van der Waals surface area (Å²) in [5.41, 5.74) is 1.30. The average Bonchev–Trinajstić information content (AvgIpc) is 2.35. The van der Waals surface area contributed by atoms with Crippen LogP contribution in [-0.4, -0.2) is 30.6 Å². The number of halogens is 2. The van der Waals surface area contributed by atoms with Crippen molar-refractivity contribution in [3.63, 3.8) is 0 Å². The molecule has 1 aromatic rings. The van der Waals surface area contributed by atoms with Gasteiger partial charge in [0.25, 0.3) is 0 Å². The molecule has 1 rings (SSSR count). The van der Waals surface area contributed by atoms with Crippen LogP contribution in [0.15, 0.2) is 27.1 Å². The molecule has 0 fully saturated rings. The maximum absolute atomic E-state index is 3.59. The topological polar surface area (TPSA) is 15.3 Å². The summed E-state index contributed by atoms with van der Waals surface area (Å²) >= 11 is 7.07. The van der Waals surface area contributed by atoms with Gasteiger partial charge in [0, 0.05) is 28.1 Å². The predicted molar refractivity (Wildman–Crippen MR) is 85.9 cm³/mol. The van der Waals surface area contributed by atoms with E-state index < -0.39 is 0 Å². The van der Waals surface area contributed by atoms with Gasteiger partial charge in [-0.1, -0.05) is 51.8 Å². The summed E-state index contributed by atoms with van der Waals surface area (Å²) in [6.45, 7) is 10.9. The molecule has 0 aliphatic heterocycles. The molecule has 0 aliphatic rings. The van der Waals surface area contributed by atoms with Crippen LogP contribution in [0.1, 0.15) is 26.3 Å². The van der Waals surface area contributed by atoms with Crippen LogP contribution in [0.3, 0.4) is 0 Å². The Morgan fingerprint density at radius 1 is 1.22 bits per heavy atom. The van der Waals surface area contributed by atoms with E-state index in [1.807, 2.05) is 0 Å². The second kappa shape index (κ2) is 8.31. The summed E-state index contributed by atoms with van der Waals surface area (Å²) in [6.07, 6.45) is 0. The molecular weight excluding hydrogens is 356 g/mol. The predicted octanol–water partition coefficient (Wildman–Crippen LogP) is 4.03. The van der Waals surface area contributed by atoms with Crippen LogP contribution in [-0.2, 0) is 6.54 Å². The van der Waals surface area contributed by atoms with Crippen LogP contribution in [0, 0.1) is 0 Å². The van der Waals surface area contributed by atoms with Gasteiger partial charge in [-0.25, -0.2) is 0 Å². The first-order chi connectivity index (χ1) is 8.56. The van der Waals surface area contributed by atoms with E-state index in [-0.39, 0.29) is 0 Å². The molecule has 0 aliphatic carbocycles. The number of nitrogens with one attached hydrogen (secondary N) is 1. The summed E-state index contributed by atoms with van der Waals surface area (Å²) in [5.74, 6) is 0. The number of hydrogen-bond acceptors (Lipinski definition) is 2. The Labute approximate surface area is 127 Å². The maximum Gasteiger partial charge on any atom is 0.0231 e. The third-order valence-electron chi connectivity index (χ3n) is 3.08. The molecule has 0 heterocycles. The second-order valence-electron chi connectivity index (χ2n) is 4.50. The highest BCUT2D eigenvalue weighted by Crippen LogP contribution is 2.21. The minimum Gasteiger partial charge on any atom is -0.309 e. The zero-order valence-corrected chi connectivity index (χ0v) is 14.5. The van der Waals surface area contributed by atoms with Crippen molar-refractivity contribution >= 4 is 31.9 Å². The molecule has 1 atom stereocenters. The highest BCUT2D eigenvalue weighted by molar-refractivity contribution is 9.11. The van der Waals surface area contributed by atoms with Gasteiger partial charge in [0.2, 0.25) is 0 Å². The Morgan fingerprint density at radius 2 is 1.89 bits per heavy atom. The number of hydrogen-bond donors (Lipinski definition) is 1. The molecule has 4 heteroatoms. The number of likely N-dealkylation sites (N-methyl/N-ethyl adjacent to an activating group) is 1. The Balaban J connectivity index is 2.44. The highest BCUT2D eigenvalue weighted by Gasteiger charge is 2.07. The third-order valence-corrected chi connectivity index (χ3v) is 4.31. The van der Waals surface area contributed by atoms with E-state index in [9.17, 15) is 0 Å². The van der Waals surface area contributed by atoms with Gasteiger partial charge in [0.15, 0.2) is 0 Å². The van der Waals surface area contributed by atoms with Crippen LogP contribution in [0.5, 0.6) is 0 Å². The van der Waals surface area contributed by atoms with Gasteiger partial charge >= 0.3 is 0 Å². The molecule has 0 bridgehead atoms. The van der Waals surface area contributed by atoms with Gasteiger partial charge in [-0.15, -0.1) is 0 Å². The normalized spacial score (nSPS) is 13.0. The lowest BCUT2D eigenvalue weighted by atomic mass is 10.2. The highest BCUT2D eigenvalue weighted by atomic mass is 79.9. The standard InChI is InChI=1S/C14H22Br2N2/c1-4-18(5-2)10-11(3)17-9-12-6-7-13(15)8-14(12)16/h6-8,11,17H,4-5,9-10H2,1-3H3. The van der Waals surface area contributed by atoms with Gasteiger partial charge in [0.05, 0.1) is 0 Å². The average molecular weight is 378 g/mol. The van der Waals surface area contributed by atoms with E-state index in [1.54, 1.807) is 0 Å². The number of rotatable bonds is 7. The van der Waals surface area contributed by atoms with Crippen molar-refractivity contribution in [3.8, 4) is 0 Å². The van der Waals surface area contributed by atoms with Crippen molar-refractivity contribution in [3.05, 3.63) is 32.7 Å². The van der Waals surface area contributed by atoms with Crippen LogP contribution in [0.25, 0.3) is 0 Å². The Bertz CT molecular complexity index is 365. The zero-order chi connectivity index (χ0) is 13.5. The molecule has 0 saturated carbocycles. The molecule has 0 radical (unpaired) electrons. The summed E-state index contributed by atoms with van der Waals surface area (Å²) < 4.78 is 2.26. The van der Waals surface area contributed by atoms with E-state index in [4.69, 9.17) is 0 Å². The molecule has 0 spiro atoms. The molecule has 18 heavy (non-hydrogen) atoms. The molecular formula is C14H22Br2N2. The largest absolute Gasteiger partial charge is 0.309 e. The molecule has 2 nitrogen and oxygen atoms in total. The SMILES string of the molecule is CCN(CC)CC(C)NCc1ccc(Br)cc1Br. The third kappa shape index (κ3) is 5.39. The monoisotopic (exact) mass is 376 g/mol. The van der Waals surface area contributed by atoms with Crippen molar-refractivity contribution < 1.29 is 0 Å². The van der Waals surface area contributed by atoms with Gasteiger partial charge in [-0.2, -0.15) is 0 Å². The molecule has 0 aromatic heterocycles. The van der Waals surface area contributed by atoms with Crippen LogP contribution in [0.2, 0.25) is 0 Å². The van der Waals surface area contributed by atoms with E-state index in [2.05, 4.69) is 81.0 Å². The minimum absolute atomic E-state index is 0.500. The summed E-state index contributed by atoms with van der Waals surface area (Å²) in [6, 6.07) is 6.81. The number of benzene rings is 1.